The lowest BCUT2D eigenvalue weighted by Gasteiger charge is -2.17. The molecule has 0 spiro atoms. The molecule has 1 aromatic heterocycles. The summed E-state index contributed by atoms with van der Waals surface area (Å²) >= 11 is 0. The monoisotopic (exact) mass is 445 g/mol. The van der Waals surface area contributed by atoms with E-state index >= 15 is 0 Å². The molecule has 2 rings (SSSR count). The first-order chi connectivity index (χ1) is 15.6. The molecular weight excluding hydrogens is 402 g/mol. The predicted molar refractivity (Wildman–Crippen MR) is 133 cm³/mol. The van der Waals surface area contributed by atoms with Gasteiger partial charge in [0.1, 0.15) is 5.75 Å². The van der Waals surface area contributed by atoms with Crippen molar-refractivity contribution in [1.29, 1.82) is 0 Å². The fourth-order valence-corrected chi connectivity index (χ4v) is 3.95. The van der Waals surface area contributed by atoms with E-state index in [0.717, 1.165) is 70.0 Å². The van der Waals surface area contributed by atoms with Crippen molar-refractivity contribution >= 4 is 10.9 Å². The van der Waals surface area contributed by atoms with Crippen LogP contribution in [0.25, 0.3) is 10.9 Å². The van der Waals surface area contributed by atoms with Gasteiger partial charge in [0.25, 0.3) is 5.56 Å². The average molecular weight is 446 g/mol. The Balaban J connectivity index is 2.27. The molecule has 0 saturated carbocycles. The maximum atomic E-state index is 13.3. The number of pyridine rings is 1. The number of unbranched alkanes of at least 4 members (excludes halogenated alkanes) is 9. The van der Waals surface area contributed by atoms with Crippen LogP contribution in [0.4, 0.5) is 0 Å². The molecule has 1 heterocycles. The van der Waals surface area contributed by atoms with E-state index in [1.807, 2.05) is 18.2 Å². The van der Waals surface area contributed by atoms with Crippen molar-refractivity contribution in [2.75, 3.05) is 13.2 Å². The quantitative estimate of drug-likeness (QED) is 0.261. The Labute approximate surface area is 193 Å². The summed E-state index contributed by atoms with van der Waals surface area (Å²) in [6.07, 6.45) is 13.1. The first kappa shape index (κ1) is 26.1. The fourth-order valence-electron chi connectivity index (χ4n) is 3.95. The third kappa shape index (κ3) is 7.75. The number of aromatic nitrogens is 1. The minimum Gasteiger partial charge on any atom is -0.504 e. The van der Waals surface area contributed by atoms with Gasteiger partial charge in [-0.25, -0.2) is 0 Å². The number of ether oxygens (including phenoxy) is 2. The molecule has 0 atom stereocenters. The number of rotatable bonds is 17. The Bertz CT molecular complexity index is 859. The van der Waals surface area contributed by atoms with E-state index in [0.29, 0.717) is 30.7 Å². The van der Waals surface area contributed by atoms with Gasteiger partial charge in [0.15, 0.2) is 5.75 Å². The van der Waals surface area contributed by atoms with Crippen molar-refractivity contribution in [2.24, 2.45) is 0 Å². The normalized spacial score (nSPS) is 11.2. The molecule has 0 radical (unpaired) electrons. The van der Waals surface area contributed by atoms with Crippen LogP contribution < -0.4 is 15.0 Å². The van der Waals surface area contributed by atoms with Gasteiger partial charge in [-0.3, -0.25) is 4.79 Å². The molecule has 0 bridgehead atoms. The number of benzene rings is 1. The standard InChI is InChI=1S/C27H43NO4/c1-4-7-10-13-18-28-24-21-22(31-19-14-11-8-5-2)16-17-23(24)25(29)26(27(28)30)32-20-15-12-9-6-3/h16-17,21,29H,4-15,18-20H2,1-3H3. The smallest absolute Gasteiger partial charge is 0.297 e. The molecule has 180 valence electrons. The van der Waals surface area contributed by atoms with E-state index in [-0.39, 0.29) is 17.1 Å². The van der Waals surface area contributed by atoms with Crippen LogP contribution in [0, 0.1) is 0 Å². The largest absolute Gasteiger partial charge is 0.504 e. The minimum absolute atomic E-state index is 0.0557. The molecule has 5 heteroatoms. The molecule has 1 N–H and O–H groups in total. The van der Waals surface area contributed by atoms with Gasteiger partial charge >= 0.3 is 0 Å². The molecule has 0 unspecified atom stereocenters. The molecule has 5 nitrogen and oxygen atoms in total. The Morgan fingerprint density at radius 2 is 1.38 bits per heavy atom. The van der Waals surface area contributed by atoms with E-state index in [2.05, 4.69) is 20.8 Å². The lowest BCUT2D eigenvalue weighted by molar-refractivity contribution is 0.284. The van der Waals surface area contributed by atoms with Gasteiger partial charge in [-0.1, -0.05) is 78.6 Å². The fraction of sp³-hybridized carbons (Fsp3) is 0.667. The van der Waals surface area contributed by atoms with Gasteiger partial charge in [0.05, 0.1) is 18.7 Å². The molecule has 0 aliphatic carbocycles. The van der Waals surface area contributed by atoms with E-state index in [1.54, 1.807) is 4.57 Å². The lowest BCUT2D eigenvalue weighted by Crippen LogP contribution is -2.23. The van der Waals surface area contributed by atoms with E-state index in [9.17, 15) is 9.90 Å². The SMILES string of the molecule is CCCCCCOc1ccc2c(O)c(OCCCCCC)c(=O)n(CCCCCC)c2c1. The third-order valence-corrected chi connectivity index (χ3v) is 5.92. The van der Waals surface area contributed by atoms with Crippen LogP contribution in [0.5, 0.6) is 17.2 Å². The van der Waals surface area contributed by atoms with Crippen molar-refractivity contribution in [3.05, 3.63) is 28.6 Å². The summed E-state index contributed by atoms with van der Waals surface area (Å²) in [5, 5.41) is 11.5. The van der Waals surface area contributed by atoms with Gasteiger partial charge in [-0.2, -0.15) is 0 Å². The molecular formula is C27H43NO4. The van der Waals surface area contributed by atoms with Crippen LogP contribution in [-0.2, 0) is 6.54 Å². The van der Waals surface area contributed by atoms with Crippen molar-refractivity contribution < 1.29 is 14.6 Å². The third-order valence-electron chi connectivity index (χ3n) is 5.92. The molecule has 1 aromatic carbocycles. The highest BCUT2D eigenvalue weighted by Crippen LogP contribution is 2.34. The molecule has 0 saturated heterocycles. The molecule has 2 aromatic rings. The predicted octanol–water partition coefficient (Wildman–Crippen LogP) is 7.21. The maximum Gasteiger partial charge on any atom is 0.297 e. The van der Waals surface area contributed by atoms with Crippen LogP contribution in [0.3, 0.4) is 0 Å². The highest BCUT2D eigenvalue weighted by molar-refractivity contribution is 5.88. The zero-order valence-corrected chi connectivity index (χ0v) is 20.5. The zero-order valence-electron chi connectivity index (χ0n) is 20.5. The molecule has 32 heavy (non-hydrogen) atoms. The molecule has 0 aliphatic heterocycles. The van der Waals surface area contributed by atoms with Crippen molar-refractivity contribution in [1.82, 2.24) is 4.57 Å². The summed E-state index contributed by atoms with van der Waals surface area (Å²) < 4.78 is 13.5. The van der Waals surface area contributed by atoms with Gasteiger partial charge in [-0.15, -0.1) is 0 Å². The number of hydrogen-bond acceptors (Lipinski definition) is 4. The second kappa shape index (κ2) is 14.8. The molecule has 0 fully saturated rings. The number of hydrogen-bond donors (Lipinski definition) is 1. The first-order valence-corrected chi connectivity index (χ1v) is 12.8. The minimum atomic E-state index is -0.248. The van der Waals surface area contributed by atoms with Crippen LogP contribution in [0.15, 0.2) is 23.0 Å². The van der Waals surface area contributed by atoms with Crippen LogP contribution >= 0.6 is 0 Å². The number of aromatic hydroxyl groups is 1. The van der Waals surface area contributed by atoms with Crippen LogP contribution in [0.1, 0.15) is 97.8 Å². The van der Waals surface area contributed by atoms with Crippen molar-refractivity contribution in [2.45, 2.75) is 104 Å². The highest BCUT2D eigenvalue weighted by atomic mass is 16.5. The Hall–Kier alpha value is -2.17. The highest BCUT2D eigenvalue weighted by Gasteiger charge is 2.18. The van der Waals surface area contributed by atoms with Gasteiger partial charge < -0.3 is 19.1 Å². The Morgan fingerprint density at radius 3 is 2.00 bits per heavy atom. The van der Waals surface area contributed by atoms with Crippen molar-refractivity contribution in [3.63, 3.8) is 0 Å². The summed E-state index contributed by atoms with van der Waals surface area (Å²) in [4.78, 5) is 13.3. The summed E-state index contributed by atoms with van der Waals surface area (Å²) in [6, 6.07) is 5.61. The first-order valence-electron chi connectivity index (χ1n) is 12.8. The number of nitrogens with zero attached hydrogens (tertiary/aromatic N) is 1. The second-order valence-corrected chi connectivity index (χ2v) is 8.69. The van der Waals surface area contributed by atoms with E-state index < -0.39 is 0 Å². The second-order valence-electron chi connectivity index (χ2n) is 8.69. The van der Waals surface area contributed by atoms with Gasteiger partial charge in [0.2, 0.25) is 5.75 Å². The summed E-state index contributed by atoms with van der Waals surface area (Å²) in [5.41, 5.74) is 0.468. The summed E-state index contributed by atoms with van der Waals surface area (Å²) in [7, 11) is 0. The Kier molecular flexibility index (Phi) is 12.1. The van der Waals surface area contributed by atoms with Gasteiger partial charge in [0, 0.05) is 18.0 Å². The molecule has 0 amide bonds. The maximum absolute atomic E-state index is 13.3. The van der Waals surface area contributed by atoms with Crippen molar-refractivity contribution in [3.8, 4) is 17.2 Å². The Morgan fingerprint density at radius 1 is 0.781 bits per heavy atom. The topological polar surface area (TPSA) is 60.7 Å². The van der Waals surface area contributed by atoms with E-state index in [4.69, 9.17) is 9.47 Å². The lowest BCUT2D eigenvalue weighted by atomic mass is 10.1. The summed E-state index contributed by atoms with van der Waals surface area (Å²) in [6.45, 7) is 8.26. The molecule has 0 aliphatic rings. The van der Waals surface area contributed by atoms with Crippen LogP contribution in [-0.4, -0.2) is 22.9 Å². The average Bonchev–Trinajstić information content (AvgIpc) is 2.80. The van der Waals surface area contributed by atoms with Crippen LogP contribution in [0.2, 0.25) is 0 Å². The zero-order chi connectivity index (χ0) is 23.2. The summed E-state index contributed by atoms with van der Waals surface area (Å²) in [5.74, 6) is 0.765. The van der Waals surface area contributed by atoms with E-state index in [1.165, 1.54) is 12.8 Å². The number of aryl methyl sites for hydroxylation is 1. The number of fused-ring (bicyclic) bond motifs is 1. The van der Waals surface area contributed by atoms with Gasteiger partial charge in [-0.05, 0) is 31.4 Å².